The van der Waals surface area contributed by atoms with E-state index in [2.05, 4.69) is 0 Å². The van der Waals surface area contributed by atoms with Crippen molar-refractivity contribution in [3.8, 4) is 0 Å². The molecule has 4 aliphatic rings. The number of aliphatic hydroxyl groups is 2. The maximum atomic E-state index is 13.5. The van der Waals surface area contributed by atoms with Crippen molar-refractivity contribution < 1.29 is 24.5 Å². The average molecular weight is 362 g/mol. The molecule has 2 fully saturated rings. The number of rotatable bonds is 3. The van der Waals surface area contributed by atoms with E-state index < -0.39 is 22.9 Å². The summed E-state index contributed by atoms with van der Waals surface area (Å²) in [6.07, 6.45) is 2.87. The minimum atomic E-state index is -1.16. The van der Waals surface area contributed by atoms with Crippen molar-refractivity contribution in [2.75, 3.05) is 13.7 Å². The Morgan fingerprint density at radius 3 is 2.69 bits per heavy atom. The third-order valence-electron chi connectivity index (χ3n) is 7.51. The topological polar surface area (TPSA) is 76.0 Å². The minimum absolute atomic E-state index is 0.0387. The van der Waals surface area contributed by atoms with Crippen LogP contribution in [0.1, 0.15) is 47.0 Å². The van der Waals surface area contributed by atoms with Crippen molar-refractivity contribution >= 4 is 5.78 Å². The first kappa shape index (κ1) is 18.4. The Bertz CT molecular complexity index is 722. The Hall–Kier alpha value is -1.01. The summed E-state index contributed by atoms with van der Waals surface area (Å²) in [4.78, 5) is 13.5. The zero-order chi connectivity index (χ0) is 19.1. The van der Waals surface area contributed by atoms with E-state index >= 15 is 0 Å². The Kier molecular flexibility index (Phi) is 3.89. The molecular formula is C21H30O5. The van der Waals surface area contributed by atoms with Crippen molar-refractivity contribution in [1.29, 1.82) is 0 Å². The normalized spacial score (nSPS) is 47.3. The van der Waals surface area contributed by atoms with Crippen molar-refractivity contribution in [3.63, 3.8) is 0 Å². The van der Waals surface area contributed by atoms with E-state index in [0.717, 1.165) is 16.7 Å². The van der Waals surface area contributed by atoms with Gasteiger partial charge in [-0.3, -0.25) is 4.79 Å². The SMILES string of the molecule is COC[C@@]1(O)CC[C@]23O[C@]4(C(C)C)C(=O)[C@H](C=C12)C(C)=C4C[C@H](O)[C@@H]3C. The summed E-state index contributed by atoms with van der Waals surface area (Å²) in [5, 5.41) is 22.4. The summed E-state index contributed by atoms with van der Waals surface area (Å²) in [5.74, 6) is -0.582. The van der Waals surface area contributed by atoms with Crippen LogP contribution in [-0.4, -0.2) is 52.6 Å². The molecule has 5 heteroatoms. The maximum absolute atomic E-state index is 13.5. The van der Waals surface area contributed by atoms with Crippen LogP contribution in [0, 0.1) is 17.8 Å². The second-order valence-corrected chi connectivity index (χ2v) is 8.99. The van der Waals surface area contributed by atoms with Crippen LogP contribution >= 0.6 is 0 Å². The molecule has 0 aromatic carbocycles. The van der Waals surface area contributed by atoms with Crippen LogP contribution < -0.4 is 0 Å². The molecule has 2 heterocycles. The highest BCUT2D eigenvalue weighted by atomic mass is 16.5. The Morgan fingerprint density at radius 1 is 1.38 bits per heavy atom. The monoisotopic (exact) mass is 362 g/mol. The number of ether oxygens (including phenoxy) is 2. The summed E-state index contributed by atoms with van der Waals surface area (Å²) in [7, 11) is 1.57. The van der Waals surface area contributed by atoms with Gasteiger partial charge in [0.25, 0.3) is 0 Å². The quantitative estimate of drug-likeness (QED) is 0.753. The number of methoxy groups -OCH3 is 1. The number of allylic oxidation sites excluding steroid dienone is 2. The van der Waals surface area contributed by atoms with Gasteiger partial charge in [0.2, 0.25) is 0 Å². The van der Waals surface area contributed by atoms with Gasteiger partial charge < -0.3 is 19.7 Å². The highest BCUT2D eigenvalue weighted by molar-refractivity contribution is 6.01. The molecule has 1 spiro atoms. The van der Waals surface area contributed by atoms with Crippen LogP contribution in [-0.2, 0) is 14.3 Å². The molecule has 2 N–H and O–H groups in total. The van der Waals surface area contributed by atoms with E-state index in [1.165, 1.54) is 0 Å². The highest BCUT2D eigenvalue weighted by Crippen LogP contribution is 2.62. The first-order valence-electron chi connectivity index (χ1n) is 9.71. The number of fused-ring (bicyclic) bond motifs is 1. The number of hydrogen-bond acceptors (Lipinski definition) is 5. The number of ketones is 1. The molecule has 5 nitrogen and oxygen atoms in total. The van der Waals surface area contributed by atoms with Gasteiger partial charge in [-0.05, 0) is 43.3 Å². The number of carbonyl (C=O) groups is 1. The van der Waals surface area contributed by atoms with Gasteiger partial charge in [0.15, 0.2) is 11.4 Å². The summed E-state index contributed by atoms with van der Waals surface area (Å²) >= 11 is 0. The lowest BCUT2D eigenvalue weighted by molar-refractivity contribution is -0.174. The van der Waals surface area contributed by atoms with Gasteiger partial charge in [-0.2, -0.15) is 0 Å². The van der Waals surface area contributed by atoms with Crippen LogP contribution in [0.15, 0.2) is 22.8 Å². The number of aliphatic hydroxyl groups excluding tert-OH is 1. The molecule has 1 saturated carbocycles. The van der Waals surface area contributed by atoms with E-state index in [0.29, 0.717) is 19.3 Å². The van der Waals surface area contributed by atoms with Gasteiger partial charge in [-0.1, -0.05) is 32.4 Å². The van der Waals surface area contributed by atoms with Crippen LogP contribution in [0.4, 0.5) is 0 Å². The molecule has 0 radical (unpaired) electrons. The zero-order valence-corrected chi connectivity index (χ0v) is 16.3. The Labute approximate surface area is 155 Å². The predicted octanol–water partition coefficient (Wildman–Crippen LogP) is 2.16. The van der Waals surface area contributed by atoms with E-state index in [1.807, 2.05) is 33.8 Å². The van der Waals surface area contributed by atoms with Crippen molar-refractivity contribution in [2.45, 2.75) is 69.9 Å². The van der Waals surface area contributed by atoms with E-state index in [4.69, 9.17) is 9.47 Å². The summed E-state index contributed by atoms with van der Waals surface area (Å²) in [6, 6.07) is 0. The first-order valence-corrected chi connectivity index (χ1v) is 9.71. The second-order valence-electron chi connectivity index (χ2n) is 8.99. The van der Waals surface area contributed by atoms with Crippen LogP contribution in [0.5, 0.6) is 0 Å². The first-order chi connectivity index (χ1) is 12.1. The highest BCUT2D eigenvalue weighted by Gasteiger charge is 2.68. The fourth-order valence-corrected chi connectivity index (χ4v) is 6.00. The molecule has 1 saturated heterocycles. The molecule has 3 bridgehead atoms. The van der Waals surface area contributed by atoms with Crippen LogP contribution in [0.3, 0.4) is 0 Å². The summed E-state index contributed by atoms with van der Waals surface area (Å²) < 4.78 is 12.2. The molecule has 2 aliphatic carbocycles. The lowest BCUT2D eigenvalue weighted by Crippen LogP contribution is -2.54. The van der Waals surface area contributed by atoms with Gasteiger partial charge in [-0.15, -0.1) is 0 Å². The van der Waals surface area contributed by atoms with E-state index in [1.54, 1.807) is 7.11 Å². The lowest BCUT2D eigenvalue weighted by atomic mass is 9.76. The third-order valence-corrected chi connectivity index (χ3v) is 7.51. The zero-order valence-electron chi connectivity index (χ0n) is 16.3. The third kappa shape index (κ3) is 1.93. The fourth-order valence-electron chi connectivity index (χ4n) is 6.00. The molecule has 0 aromatic rings. The van der Waals surface area contributed by atoms with Gasteiger partial charge in [0.05, 0.1) is 24.2 Å². The second kappa shape index (κ2) is 5.51. The molecule has 26 heavy (non-hydrogen) atoms. The molecule has 0 amide bonds. The van der Waals surface area contributed by atoms with Crippen LogP contribution in [0.2, 0.25) is 0 Å². The number of carbonyl (C=O) groups excluding carboxylic acids is 1. The predicted molar refractivity (Wildman–Crippen MR) is 96.5 cm³/mol. The van der Waals surface area contributed by atoms with Gasteiger partial charge in [-0.25, -0.2) is 0 Å². The summed E-state index contributed by atoms with van der Waals surface area (Å²) in [6.45, 7) is 8.16. The Balaban J connectivity index is 2.02. The van der Waals surface area contributed by atoms with Crippen molar-refractivity contribution in [1.82, 2.24) is 0 Å². The molecule has 2 aliphatic heterocycles. The lowest BCUT2D eigenvalue weighted by Gasteiger charge is -2.44. The van der Waals surface area contributed by atoms with Gasteiger partial charge in [0.1, 0.15) is 5.60 Å². The fraction of sp³-hybridized carbons (Fsp3) is 0.762. The molecule has 4 rings (SSSR count). The largest absolute Gasteiger partial charge is 0.392 e. The number of hydrogen-bond donors (Lipinski definition) is 2. The van der Waals surface area contributed by atoms with Crippen molar-refractivity contribution in [3.05, 3.63) is 22.8 Å². The smallest absolute Gasteiger partial charge is 0.180 e. The standard InChI is InChI=1S/C21H30O5/c1-11(2)21-15-9-16(22)13(4)20(26-21)7-6-19(24,10-25-5)17(20)8-14(12(15)3)18(21)23/h8,11,13-14,16,22,24H,6-7,9-10H2,1-5H3/t13-,14+,16-,19-,20+,21-/m0/s1. The van der Waals surface area contributed by atoms with E-state index in [-0.39, 0.29) is 30.1 Å². The Morgan fingerprint density at radius 2 is 2.08 bits per heavy atom. The number of Topliss-reactive ketones (excluding diaryl/α,β-unsaturated/α-hetero) is 1. The average Bonchev–Trinajstić information content (AvgIpc) is 2.85. The van der Waals surface area contributed by atoms with Crippen molar-refractivity contribution in [2.24, 2.45) is 17.8 Å². The van der Waals surface area contributed by atoms with Crippen LogP contribution in [0.25, 0.3) is 0 Å². The minimum Gasteiger partial charge on any atom is -0.392 e. The summed E-state index contributed by atoms with van der Waals surface area (Å²) in [5.41, 5.74) is -0.322. The van der Waals surface area contributed by atoms with Gasteiger partial charge >= 0.3 is 0 Å². The maximum Gasteiger partial charge on any atom is 0.180 e. The molecule has 144 valence electrons. The van der Waals surface area contributed by atoms with Gasteiger partial charge in [0, 0.05) is 13.0 Å². The molecular weight excluding hydrogens is 332 g/mol. The molecule has 0 unspecified atom stereocenters. The molecule has 0 aromatic heterocycles. The molecule has 6 atom stereocenters. The van der Waals surface area contributed by atoms with E-state index in [9.17, 15) is 15.0 Å².